The molecule has 4 heteroatoms. The van der Waals surface area contributed by atoms with Crippen LogP contribution in [0, 0.1) is 0 Å². The highest BCUT2D eigenvalue weighted by Crippen LogP contribution is 2.43. The van der Waals surface area contributed by atoms with Crippen LogP contribution < -0.4 is 5.32 Å². The predicted molar refractivity (Wildman–Crippen MR) is 107 cm³/mol. The fourth-order valence-corrected chi connectivity index (χ4v) is 3.86. The fourth-order valence-electron chi connectivity index (χ4n) is 3.74. The van der Waals surface area contributed by atoms with Gasteiger partial charge in [-0.25, -0.2) is 0 Å². The van der Waals surface area contributed by atoms with Gasteiger partial charge in [0.05, 0.1) is 5.41 Å². The summed E-state index contributed by atoms with van der Waals surface area (Å²) in [4.78, 5) is 26.1. The number of anilines is 1. The summed E-state index contributed by atoms with van der Waals surface area (Å²) in [5.74, 6) is -0.181. The average Bonchev–Trinajstić information content (AvgIpc) is 2.96. The Morgan fingerprint density at radius 3 is 2.30 bits per heavy atom. The smallest absolute Gasteiger partial charge is 0.235 e. The molecule has 0 unspecified atom stereocenters. The lowest BCUT2D eigenvalue weighted by atomic mass is 9.72. The van der Waals surface area contributed by atoms with Crippen molar-refractivity contribution in [2.75, 3.05) is 5.32 Å². The van der Waals surface area contributed by atoms with Gasteiger partial charge in [-0.15, -0.1) is 0 Å². The van der Waals surface area contributed by atoms with E-state index < -0.39 is 5.41 Å². The number of fused-ring (bicyclic) bond motifs is 1. The summed E-state index contributed by atoms with van der Waals surface area (Å²) < 4.78 is 0. The summed E-state index contributed by atoms with van der Waals surface area (Å²) in [6.45, 7) is 0. The van der Waals surface area contributed by atoms with Gasteiger partial charge in [0.1, 0.15) is 0 Å². The van der Waals surface area contributed by atoms with E-state index in [1.807, 2.05) is 66.7 Å². The van der Waals surface area contributed by atoms with Gasteiger partial charge in [0.15, 0.2) is 5.78 Å². The minimum atomic E-state index is -0.933. The Balaban J connectivity index is 1.77. The van der Waals surface area contributed by atoms with Gasteiger partial charge in [-0.05, 0) is 35.7 Å². The number of hydrogen-bond donors (Lipinski definition) is 1. The highest BCUT2D eigenvalue weighted by atomic mass is 35.5. The fraction of sp³-hybridized carbons (Fsp3) is 0.130. The van der Waals surface area contributed by atoms with Crippen LogP contribution >= 0.6 is 11.6 Å². The lowest BCUT2D eigenvalue weighted by molar-refractivity contribution is -0.120. The maximum atomic E-state index is 13.1. The number of Topliss-reactive ketones (excluding diaryl/α,β-unsaturated/α-hetero) is 1. The molecule has 3 aromatic carbocycles. The number of carbonyl (C=O) groups is 2. The van der Waals surface area contributed by atoms with Gasteiger partial charge in [-0.2, -0.15) is 0 Å². The molecule has 1 amide bonds. The van der Waals surface area contributed by atoms with Crippen LogP contribution in [0.2, 0.25) is 5.02 Å². The summed E-state index contributed by atoms with van der Waals surface area (Å²) in [6.07, 6.45) is 0.550. The Morgan fingerprint density at radius 1 is 0.889 bits per heavy atom. The molecular formula is C23H18ClNO2. The lowest BCUT2D eigenvalue weighted by Crippen LogP contribution is -2.39. The molecule has 0 bridgehead atoms. The second-order valence-corrected chi connectivity index (χ2v) is 7.29. The molecule has 1 atom stereocenters. The standard InChI is InChI=1S/C23H18ClNO2/c24-18-12-10-16(11-13-18)14-23(15-21(26)17-6-2-1-3-7-17)19-8-4-5-9-20(19)25-22(23)27/h1-13H,14-15H2,(H,25,27)/t23-/m0/s1. The molecule has 3 aromatic rings. The van der Waals surface area contributed by atoms with Gasteiger partial charge in [-0.1, -0.05) is 72.3 Å². The van der Waals surface area contributed by atoms with E-state index in [0.29, 0.717) is 17.0 Å². The van der Waals surface area contributed by atoms with Crippen LogP contribution in [-0.2, 0) is 16.6 Å². The van der Waals surface area contributed by atoms with Crippen LogP contribution in [0.15, 0.2) is 78.9 Å². The van der Waals surface area contributed by atoms with Crippen LogP contribution in [0.3, 0.4) is 0 Å². The van der Waals surface area contributed by atoms with Crippen molar-refractivity contribution in [1.82, 2.24) is 0 Å². The number of para-hydroxylation sites is 1. The third-order valence-electron chi connectivity index (χ3n) is 5.10. The molecule has 0 aliphatic carbocycles. The third kappa shape index (κ3) is 3.26. The first-order chi connectivity index (χ1) is 13.1. The Morgan fingerprint density at radius 2 is 1.56 bits per heavy atom. The Kier molecular flexibility index (Phi) is 4.54. The van der Waals surface area contributed by atoms with Gasteiger partial charge >= 0.3 is 0 Å². The molecule has 3 nitrogen and oxygen atoms in total. The van der Waals surface area contributed by atoms with Crippen LogP contribution in [0.4, 0.5) is 5.69 Å². The molecule has 1 aliphatic heterocycles. The summed E-state index contributed by atoms with van der Waals surface area (Å²) in [5, 5.41) is 3.60. The van der Waals surface area contributed by atoms with Crippen molar-refractivity contribution >= 4 is 29.0 Å². The summed E-state index contributed by atoms with van der Waals surface area (Å²) in [7, 11) is 0. The number of amides is 1. The molecule has 1 aliphatic rings. The largest absolute Gasteiger partial charge is 0.325 e. The number of ketones is 1. The Hall–Kier alpha value is -2.91. The molecule has 0 spiro atoms. The Bertz CT molecular complexity index is 998. The molecule has 0 saturated heterocycles. The molecule has 4 rings (SSSR count). The minimum absolute atomic E-state index is 0.0450. The first-order valence-corrected chi connectivity index (χ1v) is 9.20. The Labute approximate surface area is 163 Å². The first kappa shape index (κ1) is 17.5. The van der Waals surface area contributed by atoms with E-state index in [-0.39, 0.29) is 18.1 Å². The van der Waals surface area contributed by atoms with Crippen molar-refractivity contribution in [2.45, 2.75) is 18.3 Å². The SMILES string of the molecule is O=C(C[C@]1(Cc2ccc(Cl)cc2)C(=O)Nc2ccccc21)c1ccccc1. The van der Waals surface area contributed by atoms with Crippen molar-refractivity contribution in [3.8, 4) is 0 Å². The highest BCUT2D eigenvalue weighted by molar-refractivity contribution is 6.30. The van der Waals surface area contributed by atoms with E-state index in [1.165, 1.54) is 0 Å². The first-order valence-electron chi connectivity index (χ1n) is 8.82. The second-order valence-electron chi connectivity index (χ2n) is 6.85. The zero-order chi connectivity index (χ0) is 18.9. The zero-order valence-corrected chi connectivity index (χ0v) is 15.4. The van der Waals surface area contributed by atoms with Crippen LogP contribution in [0.5, 0.6) is 0 Å². The average molecular weight is 376 g/mol. The monoisotopic (exact) mass is 375 g/mol. The number of nitrogens with one attached hydrogen (secondary N) is 1. The molecule has 134 valence electrons. The number of halogens is 1. The van der Waals surface area contributed by atoms with Gasteiger partial charge in [-0.3, -0.25) is 9.59 Å². The van der Waals surface area contributed by atoms with Gasteiger partial charge in [0.25, 0.3) is 0 Å². The van der Waals surface area contributed by atoms with Crippen LogP contribution in [-0.4, -0.2) is 11.7 Å². The van der Waals surface area contributed by atoms with Crippen molar-refractivity contribution in [3.05, 3.63) is 101 Å². The zero-order valence-electron chi connectivity index (χ0n) is 14.6. The van der Waals surface area contributed by atoms with Gasteiger partial charge < -0.3 is 5.32 Å². The molecule has 1 N–H and O–H groups in total. The van der Waals surface area contributed by atoms with E-state index >= 15 is 0 Å². The van der Waals surface area contributed by atoms with Crippen molar-refractivity contribution in [2.24, 2.45) is 0 Å². The van der Waals surface area contributed by atoms with Crippen molar-refractivity contribution in [3.63, 3.8) is 0 Å². The number of rotatable bonds is 5. The second kappa shape index (κ2) is 7.01. The lowest BCUT2D eigenvalue weighted by Gasteiger charge is -2.27. The van der Waals surface area contributed by atoms with Crippen LogP contribution in [0.1, 0.15) is 27.9 Å². The van der Waals surface area contributed by atoms with Crippen LogP contribution in [0.25, 0.3) is 0 Å². The normalized spacial score (nSPS) is 18.0. The van der Waals surface area contributed by atoms with E-state index in [2.05, 4.69) is 5.32 Å². The third-order valence-corrected chi connectivity index (χ3v) is 5.35. The van der Waals surface area contributed by atoms with E-state index in [0.717, 1.165) is 16.8 Å². The molecule has 0 aromatic heterocycles. The predicted octanol–water partition coefficient (Wildman–Crippen LogP) is 5.05. The molecular weight excluding hydrogens is 358 g/mol. The number of benzene rings is 3. The van der Waals surface area contributed by atoms with E-state index in [1.54, 1.807) is 12.1 Å². The maximum absolute atomic E-state index is 13.1. The highest BCUT2D eigenvalue weighted by Gasteiger charge is 2.48. The molecule has 1 heterocycles. The van der Waals surface area contributed by atoms with E-state index in [9.17, 15) is 9.59 Å². The van der Waals surface area contributed by atoms with Crippen molar-refractivity contribution < 1.29 is 9.59 Å². The van der Waals surface area contributed by atoms with E-state index in [4.69, 9.17) is 11.6 Å². The molecule has 0 fully saturated rings. The number of carbonyl (C=O) groups excluding carboxylic acids is 2. The van der Waals surface area contributed by atoms with Gasteiger partial charge in [0.2, 0.25) is 5.91 Å². The summed E-state index contributed by atoms with van der Waals surface area (Å²) in [6, 6.07) is 24.2. The minimum Gasteiger partial charge on any atom is -0.325 e. The molecule has 0 saturated carbocycles. The maximum Gasteiger partial charge on any atom is 0.235 e. The topological polar surface area (TPSA) is 46.2 Å². The molecule has 27 heavy (non-hydrogen) atoms. The van der Waals surface area contributed by atoms with Gasteiger partial charge in [0, 0.05) is 22.7 Å². The molecule has 0 radical (unpaired) electrons. The quantitative estimate of drug-likeness (QED) is 0.634. The van der Waals surface area contributed by atoms with Crippen molar-refractivity contribution in [1.29, 1.82) is 0 Å². The summed E-state index contributed by atoms with van der Waals surface area (Å²) >= 11 is 6.00. The summed E-state index contributed by atoms with van der Waals surface area (Å²) in [5.41, 5.74) is 2.29. The number of hydrogen-bond acceptors (Lipinski definition) is 2.